The highest BCUT2D eigenvalue weighted by Crippen LogP contribution is 2.16. The summed E-state index contributed by atoms with van der Waals surface area (Å²) in [7, 11) is 0. The highest BCUT2D eigenvalue weighted by molar-refractivity contribution is 5.89. The second-order valence-electron chi connectivity index (χ2n) is 2.86. The van der Waals surface area contributed by atoms with Crippen molar-refractivity contribution < 1.29 is 14.6 Å². The van der Waals surface area contributed by atoms with E-state index in [1.807, 2.05) is 0 Å². The van der Waals surface area contributed by atoms with E-state index in [-0.39, 0.29) is 11.7 Å². The van der Waals surface area contributed by atoms with Gasteiger partial charge in [-0.2, -0.15) is 0 Å². The molecule has 74 valence electrons. The number of rotatable bonds is 2. The fourth-order valence-electron chi connectivity index (χ4n) is 0.820. The molecule has 0 saturated heterocycles. The number of hydrogen-bond donors (Lipinski definition) is 1. The van der Waals surface area contributed by atoms with Gasteiger partial charge >= 0.3 is 5.97 Å². The van der Waals surface area contributed by atoms with Gasteiger partial charge in [-0.3, -0.25) is 0 Å². The van der Waals surface area contributed by atoms with Gasteiger partial charge in [-0.05, 0) is 38.1 Å². The number of esters is 1. The number of ether oxygens (including phenoxy) is 1. The number of allylic oxidation sites excluding steroid dienone is 1. The third kappa shape index (κ3) is 2.62. The molecular formula is C11H12O3. The highest BCUT2D eigenvalue weighted by atomic mass is 16.5. The van der Waals surface area contributed by atoms with Crippen LogP contribution in [0.25, 0.3) is 0 Å². The van der Waals surface area contributed by atoms with E-state index in [9.17, 15) is 4.79 Å². The molecule has 1 aromatic carbocycles. The summed E-state index contributed by atoms with van der Waals surface area (Å²) >= 11 is 0. The van der Waals surface area contributed by atoms with Crippen LogP contribution in [0.5, 0.6) is 11.5 Å². The Morgan fingerprint density at radius 3 is 2.43 bits per heavy atom. The molecule has 0 aliphatic carbocycles. The maximum absolute atomic E-state index is 11.3. The summed E-state index contributed by atoms with van der Waals surface area (Å²) < 4.78 is 5.00. The fraction of sp³-hybridized carbons (Fsp3) is 0.182. The maximum Gasteiger partial charge on any atom is 0.338 e. The average molecular weight is 192 g/mol. The van der Waals surface area contributed by atoms with Crippen LogP contribution >= 0.6 is 0 Å². The second-order valence-corrected chi connectivity index (χ2v) is 2.86. The van der Waals surface area contributed by atoms with Crippen LogP contribution in [0.15, 0.2) is 35.9 Å². The molecule has 1 rings (SSSR count). The van der Waals surface area contributed by atoms with E-state index in [0.29, 0.717) is 11.3 Å². The molecule has 0 atom stereocenters. The fourth-order valence-corrected chi connectivity index (χ4v) is 0.820. The van der Waals surface area contributed by atoms with Gasteiger partial charge in [-0.15, -0.1) is 0 Å². The zero-order chi connectivity index (χ0) is 10.6. The summed E-state index contributed by atoms with van der Waals surface area (Å²) in [6.07, 6.45) is 1.68. The van der Waals surface area contributed by atoms with Gasteiger partial charge in [-0.25, -0.2) is 4.79 Å². The number of phenolic OH excluding ortho intramolecular Hbond substituents is 1. The monoisotopic (exact) mass is 192 g/mol. The standard InChI is InChI=1S/C11H12O3/c1-3-8(2)11(13)14-10-6-4-9(12)5-7-10/h3-7,12H,1-2H3/b8-3+. The van der Waals surface area contributed by atoms with Gasteiger partial charge in [-0.1, -0.05) is 6.08 Å². The lowest BCUT2D eigenvalue weighted by atomic mass is 10.3. The molecule has 0 radical (unpaired) electrons. The van der Waals surface area contributed by atoms with Crippen LogP contribution in [0.2, 0.25) is 0 Å². The lowest BCUT2D eigenvalue weighted by Gasteiger charge is -2.03. The van der Waals surface area contributed by atoms with Crippen LogP contribution in [-0.4, -0.2) is 11.1 Å². The lowest BCUT2D eigenvalue weighted by Crippen LogP contribution is -2.08. The normalized spacial score (nSPS) is 11.1. The Kier molecular flexibility index (Phi) is 3.29. The number of carbonyl (C=O) groups is 1. The Bertz CT molecular complexity index is 349. The third-order valence-electron chi connectivity index (χ3n) is 1.80. The minimum absolute atomic E-state index is 0.146. The largest absolute Gasteiger partial charge is 0.508 e. The summed E-state index contributed by atoms with van der Waals surface area (Å²) in [5, 5.41) is 8.99. The van der Waals surface area contributed by atoms with E-state index < -0.39 is 0 Å². The summed E-state index contributed by atoms with van der Waals surface area (Å²) in [4.78, 5) is 11.3. The van der Waals surface area contributed by atoms with Crippen molar-refractivity contribution in [1.82, 2.24) is 0 Å². The average Bonchev–Trinajstić information content (AvgIpc) is 2.20. The van der Waals surface area contributed by atoms with Crippen molar-refractivity contribution in [2.45, 2.75) is 13.8 Å². The van der Waals surface area contributed by atoms with E-state index in [1.54, 1.807) is 19.9 Å². The SMILES string of the molecule is C/C=C(\C)C(=O)Oc1ccc(O)cc1. The van der Waals surface area contributed by atoms with E-state index in [0.717, 1.165) is 0 Å². The van der Waals surface area contributed by atoms with Crippen LogP contribution in [0.4, 0.5) is 0 Å². The molecule has 1 N–H and O–H groups in total. The Morgan fingerprint density at radius 1 is 1.36 bits per heavy atom. The van der Waals surface area contributed by atoms with Crippen molar-refractivity contribution in [3.63, 3.8) is 0 Å². The number of aromatic hydroxyl groups is 1. The molecular weight excluding hydrogens is 180 g/mol. The van der Waals surface area contributed by atoms with E-state index in [4.69, 9.17) is 9.84 Å². The number of phenols is 1. The van der Waals surface area contributed by atoms with Gasteiger partial charge in [0.1, 0.15) is 11.5 Å². The van der Waals surface area contributed by atoms with Gasteiger partial charge in [0.05, 0.1) is 0 Å². The van der Waals surface area contributed by atoms with Crippen LogP contribution in [0, 0.1) is 0 Å². The molecule has 0 aliphatic rings. The molecule has 0 saturated carbocycles. The summed E-state index contributed by atoms with van der Waals surface area (Å²) in [5.74, 6) is 0.194. The van der Waals surface area contributed by atoms with Crippen LogP contribution in [0.3, 0.4) is 0 Å². The van der Waals surface area contributed by atoms with Crippen LogP contribution < -0.4 is 4.74 Å². The second kappa shape index (κ2) is 4.46. The number of benzene rings is 1. The third-order valence-corrected chi connectivity index (χ3v) is 1.80. The Labute approximate surface area is 82.6 Å². The Hall–Kier alpha value is -1.77. The topological polar surface area (TPSA) is 46.5 Å². The molecule has 14 heavy (non-hydrogen) atoms. The molecule has 0 aliphatic heterocycles. The molecule has 0 bridgehead atoms. The van der Waals surface area contributed by atoms with Gasteiger partial charge in [0.2, 0.25) is 0 Å². The van der Waals surface area contributed by atoms with Crippen molar-refractivity contribution in [2.24, 2.45) is 0 Å². The smallest absolute Gasteiger partial charge is 0.338 e. The predicted octanol–water partition coefficient (Wildman–Crippen LogP) is 2.26. The number of hydrogen-bond acceptors (Lipinski definition) is 3. The maximum atomic E-state index is 11.3. The van der Waals surface area contributed by atoms with Gasteiger partial charge in [0.25, 0.3) is 0 Å². The van der Waals surface area contributed by atoms with Crippen LogP contribution in [0.1, 0.15) is 13.8 Å². The molecule has 3 heteroatoms. The van der Waals surface area contributed by atoms with Crippen molar-refractivity contribution in [3.8, 4) is 11.5 Å². The van der Waals surface area contributed by atoms with Crippen molar-refractivity contribution in [3.05, 3.63) is 35.9 Å². The molecule has 0 fully saturated rings. The first kappa shape index (κ1) is 10.3. The van der Waals surface area contributed by atoms with Crippen LogP contribution in [-0.2, 0) is 4.79 Å². The quantitative estimate of drug-likeness (QED) is 0.444. The Morgan fingerprint density at radius 2 is 1.93 bits per heavy atom. The van der Waals surface area contributed by atoms with Crippen molar-refractivity contribution in [2.75, 3.05) is 0 Å². The summed E-state index contributed by atoms with van der Waals surface area (Å²) in [6, 6.07) is 6.01. The van der Waals surface area contributed by atoms with E-state index in [2.05, 4.69) is 0 Å². The lowest BCUT2D eigenvalue weighted by molar-refractivity contribution is -0.130. The van der Waals surface area contributed by atoms with E-state index >= 15 is 0 Å². The molecule has 3 nitrogen and oxygen atoms in total. The molecule has 0 amide bonds. The minimum atomic E-state index is -0.377. The van der Waals surface area contributed by atoms with Gasteiger partial charge < -0.3 is 9.84 Å². The van der Waals surface area contributed by atoms with Gasteiger partial charge in [0, 0.05) is 5.57 Å². The molecule has 0 heterocycles. The number of carbonyl (C=O) groups excluding carboxylic acids is 1. The van der Waals surface area contributed by atoms with Crippen molar-refractivity contribution >= 4 is 5.97 Å². The highest BCUT2D eigenvalue weighted by Gasteiger charge is 2.05. The minimum Gasteiger partial charge on any atom is -0.508 e. The van der Waals surface area contributed by atoms with E-state index in [1.165, 1.54) is 24.3 Å². The first-order chi connectivity index (χ1) is 6.63. The van der Waals surface area contributed by atoms with Gasteiger partial charge in [0.15, 0.2) is 0 Å². The zero-order valence-corrected chi connectivity index (χ0v) is 8.15. The molecule has 1 aromatic rings. The Balaban J connectivity index is 2.70. The first-order valence-electron chi connectivity index (χ1n) is 4.27. The molecule has 0 spiro atoms. The zero-order valence-electron chi connectivity index (χ0n) is 8.15. The van der Waals surface area contributed by atoms with Crippen molar-refractivity contribution in [1.29, 1.82) is 0 Å². The molecule has 0 unspecified atom stereocenters. The predicted molar refractivity (Wildman–Crippen MR) is 53.2 cm³/mol. The molecule has 0 aromatic heterocycles. The summed E-state index contributed by atoms with van der Waals surface area (Å²) in [5.41, 5.74) is 0.554. The first-order valence-corrected chi connectivity index (χ1v) is 4.27. The summed E-state index contributed by atoms with van der Waals surface area (Å²) in [6.45, 7) is 3.45.